The van der Waals surface area contributed by atoms with Crippen molar-refractivity contribution in [2.24, 2.45) is 0 Å². The smallest absolute Gasteiger partial charge is 0.501 e. The molecule has 0 aliphatic heterocycles. The number of rotatable bonds is 0. The minimum absolute atomic E-state index is 0. The largest absolute Gasteiger partial charge is 1.00 e. The van der Waals surface area contributed by atoms with Crippen LogP contribution < -0.4 is 29.6 Å². The van der Waals surface area contributed by atoms with Crippen LogP contribution in [0.25, 0.3) is 0 Å². The van der Waals surface area contributed by atoms with E-state index in [0.717, 1.165) is 0 Å². The maximum absolute atomic E-state index is 3.10. The van der Waals surface area contributed by atoms with Gasteiger partial charge in [0, 0.05) is 0 Å². The second kappa shape index (κ2) is 3.91. The summed E-state index contributed by atoms with van der Waals surface area (Å²) in [6, 6.07) is 0. The molecule has 0 radical (unpaired) electrons. The van der Waals surface area contributed by atoms with Gasteiger partial charge >= 0.3 is 29.6 Å². The Morgan fingerprint density at radius 3 is 2.50 bits per heavy atom. The molecule has 1 aliphatic rings. The Labute approximate surface area is 60.9 Å². The van der Waals surface area contributed by atoms with Gasteiger partial charge in [-0.1, -0.05) is 12.8 Å². The van der Waals surface area contributed by atoms with Gasteiger partial charge in [-0.2, -0.15) is 6.42 Å². The van der Waals surface area contributed by atoms with Crippen LogP contribution >= 0.6 is 0 Å². The molecule has 0 fully saturated rings. The first kappa shape index (κ1) is 6.74. The molecule has 0 aromatic heterocycles. The summed E-state index contributed by atoms with van der Waals surface area (Å²) in [4.78, 5) is 0. The van der Waals surface area contributed by atoms with Gasteiger partial charge in [-0.05, 0) is 0 Å². The standard InChI is InChI=1S/C5H7.Na/c1-2-4-5-3-1;/h1H,2,4-5H2;/q-1;+1. The van der Waals surface area contributed by atoms with Gasteiger partial charge < -0.3 is 6.08 Å². The third-order valence-corrected chi connectivity index (χ3v) is 0.814. The van der Waals surface area contributed by atoms with Crippen molar-refractivity contribution in [1.29, 1.82) is 0 Å². The zero-order valence-electron chi connectivity index (χ0n) is 4.20. The summed E-state index contributed by atoms with van der Waals surface area (Å²) in [5.41, 5.74) is 0. The van der Waals surface area contributed by atoms with Crippen molar-refractivity contribution >= 4 is 0 Å². The van der Waals surface area contributed by atoms with Gasteiger partial charge in [-0.25, -0.2) is 0 Å². The minimum atomic E-state index is 0. The van der Waals surface area contributed by atoms with E-state index in [1.165, 1.54) is 19.3 Å². The van der Waals surface area contributed by atoms with E-state index in [1.807, 2.05) is 0 Å². The van der Waals surface area contributed by atoms with Crippen molar-refractivity contribution in [1.82, 2.24) is 0 Å². The maximum Gasteiger partial charge on any atom is 1.00 e. The zero-order valence-corrected chi connectivity index (χ0v) is 6.20. The Hall–Kier alpha value is 0.740. The molecule has 0 spiro atoms. The first-order valence-electron chi connectivity index (χ1n) is 2.05. The molecular weight excluding hydrogens is 83.0 g/mol. The fraction of sp³-hybridized carbons (Fsp3) is 0.600. The van der Waals surface area contributed by atoms with Crippen molar-refractivity contribution in [2.45, 2.75) is 19.3 Å². The van der Waals surface area contributed by atoms with Gasteiger partial charge in [0.15, 0.2) is 0 Å². The Bertz CT molecular complexity index is 41.9. The molecule has 0 bridgehead atoms. The Kier molecular flexibility index (Phi) is 4.40. The molecule has 28 valence electrons. The summed E-state index contributed by atoms with van der Waals surface area (Å²) in [7, 11) is 0. The average molecular weight is 90.1 g/mol. The molecule has 0 heterocycles. The third kappa shape index (κ3) is 2.01. The van der Waals surface area contributed by atoms with E-state index >= 15 is 0 Å². The Balaban J connectivity index is 0.000000250. The van der Waals surface area contributed by atoms with Crippen LogP contribution in [0.4, 0.5) is 0 Å². The monoisotopic (exact) mass is 90.0 g/mol. The minimum Gasteiger partial charge on any atom is -0.501 e. The number of hydrogen-bond donors (Lipinski definition) is 0. The summed E-state index contributed by atoms with van der Waals surface area (Å²) >= 11 is 0. The molecule has 0 nitrogen and oxygen atoms in total. The first-order chi connectivity index (χ1) is 2.50. The predicted octanol–water partition coefficient (Wildman–Crippen LogP) is -1.47. The van der Waals surface area contributed by atoms with E-state index in [4.69, 9.17) is 0 Å². The average Bonchev–Trinajstić information content (AvgIpc) is 1.76. The second-order valence-electron chi connectivity index (χ2n) is 1.30. The molecule has 1 rings (SSSR count). The fourth-order valence-electron chi connectivity index (χ4n) is 0.510. The van der Waals surface area contributed by atoms with Crippen molar-refractivity contribution in [2.75, 3.05) is 0 Å². The first-order valence-corrected chi connectivity index (χ1v) is 2.05. The molecule has 0 saturated heterocycles. The van der Waals surface area contributed by atoms with Crippen LogP contribution in [0.3, 0.4) is 0 Å². The van der Waals surface area contributed by atoms with E-state index < -0.39 is 0 Å². The summed E-state index contributed by atoms with van der Waals surface area (Å²) < 4.78 is 0. The predicted molar refractivity (Wildman–Crippen MR) is 21.7 cm³/mol. The van der Waals surface area contributed by atoms with E-state index in [0.29, 0.717) is 0 Å². The van der Waals surface area contributed by atoms with Crippen molar-refractivity contribution < 1.29 is 29.6 Å². The van der Waals surface area contributed by atoms with Crippen LogP contribution in [-0.4, -0.2) is 0 Å². The summed E-state index contributed by atoms with van der Waals surface area (Å²) in [6.45, 7) is 0. The zero-order chi connectivity index (χ0) is 3.54. The van der Waals surface area contributed by atoms with Crippen LogP contribution in [0, 0.1) is 6.08 Å². The SMILES string of the molecule is [C-]1=CCCC1.[Na+]. The molecule has 0 unspecified atom stereocenters. The molecule has 1 aliphatic carbocycles. The Morgan fingerprint density at radius 1 is 1.50 bits per heavy atom. The Morgan fingerprint density at radius 2 is 2.33 bits per heavy atom. The van der Waals surface area contributed by atoms with Gasteiger partial charge in [0.2, 0.25) is 0 Å². The van der Waals surface area contributed by atoms with Crippen molar-refractivity contribution in [3.8, 4) is 0 Å². The van der Waals surface area contributed by atoms with Crippen molar-refractivity contribution in [3.63, 3.8) is 0 Å². The van der Waals surface area contributed by atoms with E-state index in [2.05, 4.69) is 12.2 Å². The van der Waals surface area contributed by atoms with E-state index in [1.54, 1.807) is 0 Å². The molecule has 0 aromatic carbocycles. The van der Waals surface area contributed by atoms with Crippen LogP contribution in [-0.2, 0) is 0 Å². The van der Waals surface area contributed by atoms with Crippen LogP contribution in [0.15, 0.2) is 6.08 Å². The van der Waals surface area contributed by atoms with Gasteiger partial charge in [0.25, 0.3) is 0 Å². The molecule has 1 heteroatoms. The van der Waals surface area contributed by atoms with E-state index in [9.17, 15) is 0 Å². The van der Waals surface area contributed by atoms with Gasteiger partial charge in [-0.15, -0.1) is 0 Å². The third-order valence-electron chi connectivity index (χ3n) is 0.814. The number of allylic oxidation sites excluding steroid dienone is 2. The normalized spacial score (nSPS) is 17.3. The van der Waals surface area contributed by atoms with E-state index in [-0.39, 0.29) is 29.6 Å². The summed E-state index contributed by atoms with van der Waals surface area (Å²) in [5.74, 6) is 0. The maximum atomic E-state index is 3.10. The van der Waals surface area contributed by atoms with Crippen LogP contribution in [0.5, 0.6) is 0 Å². The molecule has 0 atom stereocenters. The topological polar surface area (TPSA) is 0 Å². The van der Waals surface area contributed by atoms with Crippen molar-refractivity contribution in [3.05, 3.63) is 12.2 Å². The second-order valence-corrected chi connectivity index (χ2v) is 1.30. The van der Waals surface area contributed by atoms with Crippen LogP contribution in [0.2, 0.25) is 0 Å². The molecule has 0 N–H and O–H groups in total. The van der Waals surface area contributed by atoms with Gasteiger partial charge in [0.1, 0.15) is 0 Å². The number of hydrogen-bond acceptors (Lipinski definition) is 0. The van der Waals surface area contributed by atoms with Gasteiger partial charge in [-0.3, -0.25) is 6.08 Å². The van der Waals surface area contributed by atoms with Gasteiger partial charge in [0.05, 0.1) is 0 Å². The quantitative estimate of drug-likeness (QED) is 0.252. The molecule has 0 amide bonds. The summed E-state index contributed by atoms with van der Waals surface area (Å²) in [6.07, 6.45) is 9.00. The summed E-state index contributed by atoms with van der Waals surface area (Å²) in [5, 5.41) is 0. The molecule has 0 aromatic rings. The fourth-order valence-corrected chi connectivity index (χ4v) is 0.510. The molecule has 6 heavy (non-hydrogen) atoms. The molecular formula is C5H7Na. The van der Waals surface area contributed by atoms with Crippen LogP contribution in [0.1, 0.15) is 19.3 Å². The molecule has 0 saturated carbocycles.